The smallest absolute Gasteiger partial charge is 0.188 e. The molecule has 0 spiro atoms. The zero-order valence-corrected chi connectivity index (χ0v) is 16.4. The minimum Gasteiger partial charge on any atom is -0.377 e. The summed E-state index contributed by atoms with van der Waals surface area (Å²) in [5, 5.41) is 3.15. The number of hydrogen-bond donors (Lipinski definition) is 2. The van der Waals surface area contributed by atoms with Crippen LogP contribution in [0.25, 0.3) is 0 Å². The highest BCUT2D eigenvalue weighted by atomic mass is 127. The molecule has 5 heteroatoms. The Kier molecular flexibility index (Phi) is 10.1. The monoisotopic (exact) mass is 439 g/mol. The van der Waals surface area contributed by atoms with E-state index in [4.69, 9.17) is 10.5 Å². The second-order valence-corrected chi connectivity index (χ2v) is 5.32. The van der Waals surface area contributed by atoms with Gasteiger partial charge in [-0.3, -0.25) is 0 Å². The molecule has 0 atom stereocenters. The standard InChI is InChI=1S/C19H25N3O.HI/c1-2-23-15-18-10-8-17(9-11-18)14-22-19(20)21-13-12-16-6-4-3-5-7-16;/h3-11H,2,12-15H2,1H3,(H3,20,21,22);1H. The van der Waals surface area contributed by atoms with E-state index in [1.807, 2.05) is 25.1 Å². The lowest BCUT2D eigenvalue weighted by molar-refractivity contribution is 0.134. The van der Waals surface area contributed by atoms with E-state index in [9.17, 15) is 0 Å². The Morgan fingerprint density at radius 3 is 2.33 bits per heavy atom. The summed E-state index contributed by atoms with van der Waals surface area (Å²) in [7, 11) is 0. The number of nitrogens with zero attached hydrogens (tertiary/aromatic N) is 1. The van der Waals surface area contributed by atoms with Gasteiger partial charge in [-0.1, -0.05) is 54.6 Å². The van der Waals surface area contributed by atoms with Crippen molar-refractivity contribution in [2.75, 3.05) is 13.2 Å². The molecule has 0 fully saturated rings. The van der Waals surface area contributed by atoms with Crippen LogP contribution in [0, 0.1) is 0 Å². The highest BCUT2D eigenvalue weighted by molar-refractivity contribution is 14.0. The van der Waals surface area contributed by atoms with Crippen LogP contribution in [-0.2, 0) is 24.3 Å². The van der Waals surface area contributed by atoms with Crippen LogP contribution in [0.2, 0.25) is 0 Å². The maximum atomic E-state index is 5.90. The van der Waals surface area contributed by atoms with Crippen molar-refractivity contribution >= 4 is 29.9 Å². The summed E-state index contributed by atoms with van der Waals surface area (Å²) in [5.74, 6) is 0.485. The first-order valence-electron chi connectivity index (χ1n) is 8.01. The van der Waals surface area contributed by atoms with Gasteiger partial charge < -0.3 is 15.8 Å². The van der Waals surface area contributed by atoms with Crippen molar-refractivity contribution in [2.24, 2.45) is 10.7 Å². The zero-order chi connectivity index (χ0) is 16.3. The molecule has 0 aliphatic carbocycles. The van der Waals surface area contributed by atoms with Crippen molar-refractivity contribution in [3.63, 3.8) is 0 Å². The number of rotatable bonds is 8. The number of aliphatic imine (C=N–C) groups is 1. The minimum atomic E-state index is 0. The Labute approximate surface area is 161 Å². The van der Waals surface area contributed by atoms with Gasteiger partial charge in [-0.05, 0) is 30.0 Å². The van der Waals surface area contributed by atoms with Gasteiger partial charge in [-0.25, -0.2) is 4.99 Å². The summed E-state index contributed by atoms with van der Waals surface area (Å²) >= 11 is 0. The molecule has 130 valence electrons. The molecular weight excluding hydrogens is 413 g/mol. The molecule has 4 nitrogen and oxygen atoms in total. The molecule has 2 aromatic rings. The van der Waals surface area contributed by atoms with Gasteiger partial charge in [0.05, 0.1) is 13.2 Å². The molecule has 2 aromatic carbocycles. The molecule has 0 saturated carbocycles. The van der Waals surface area contributed by atoms with Crippen molar-refractivity contribution < 1.29 is 4.74 Å². The Morgan fingerprint density at radius 1 is 1.00 bits per heavy atom. The number of nitrogens with one attached hydrogen (secondary N) is 1. The van der Waals surface area contributed by atoms with E-state index in [1.54, 1.807) is 0 Å². The third-order valence-corrected chi connectivity index (χ3v) is 3.49. The van der Waals surface area contributed by atoms with Crippen LogP contribution in [0.5, 0.6) is 0 Å². The fourth-order valence-electron chi connectivity index (χ4n) is 2.17. The third kappa shape index (κ3) is 7.79. The molecule has 0 saturated heterocycles. The Hall–Kier alpha value is -1.60. The zero-order valence-electron chi connectivity index (χ0n) is 14.1. The number of ether oxygens (including phenoxy) is 1. The molecule has 0 heterocycles. The van der Waals surface area contributed by atoms with E-state index >= 15 is 0 Å². The first kappa shape index (κ1) is 20.4. The van der Waals surface area contributed by atoms with Crippen LogP contribution in [0.4, 0.5) is 0 Å². The molecule has 0 unspecified atom stereocenters. The first-order chi connectivity index (χ1) is 11.3. The second kappa shape index (κ2) is 11.9. The molecule has 0 amide bonds. The number of halogens is 1. The Bertz CT molecular complexity index is 600. The lowest BCUT2D eigenvalue weighted by Gasteiger charge is -2.06. The summed E-state index contributed by atoms with van der Waals surface area (Å²) in [6.45, 7) is 4.75. The number of hydrogen-bond acceptors (Lipinski definition) is 2. The molecule has 0 bridgehead atoms. The van der Waals surface area contributed by atoms with Gasteiger partial charge in [0.2, 0.25) is 0 Å². The summed E-state index contributed by atoms with van der Waals surface area (Å²) < 4.78 is 5.38. The lowest BCUT2D eigenvalue weighted by atomic mass is 10.1. The maximum absolute atomic E-state index is 5.90. The Balaban J connectivity index is 0.00000288. The van der Waals surface area contributed by atoms with E-state index in [-0.39, 0.29) is 24.0 Å². The highest BCUT2D eigenvalue weighted by Gasteiger charge is 1.97. The Morgan fingerprint density at radius 2 is 1.67 bits per heavy atom. The summed E-state index contributed by atoms with van der Waals surface area (Å²) in [5.41, 5.74) is 9.50. The summed E-state index contributed by atoms with van der Waals surface area (Å²) in [4.78, 5) is 4.37. The SMILES string of the molecule is CCOCc1ccc(CN=C(N)NCCc2ccccc2)cc1.I. The number of nitrogens with two attached hydrogens (primary N) is 1. The van der Waals surface area contributed by atoms with Crippen molar-refractivity contribution in [3.8, 4) is 0 Å². The molecule has 0 aromatic heterocycles. The van der Waals surface area contributed by atoms with Crippen LogP contribution in [-0.4, -0.2) is 19.1 Å². The fraction of sp³-hybridized carbons (Fsp3) is 0.316. The molecule has 0 radical (unpaired) electrons. The van der Waals surface area contributed by atoms with E-state index in [0.717, 1.165) is 25.1 Å². The fourth-order valence-corrected chi connectivity index (χ4v) is 2.17. The molecule has 0 aliphatic heterocycles. The summed E-state index contributed by atoms with van der Waals surface area (Å²) in [6.07, 6.45) is 0.934. The van der Waals surface area contributed by atoms with E-state index in [1.165, 1.54) is 11.1 Å². The lowest BCUT2D eigenvalue weighted by Crippen LogP contribution is -2.33. The van der Waals surface area contributed by atoms with E-state index in [0.29, 0.717) is 19.1 Å². The quantitative estimate of drug-likeness (QED) is 0.376. The predicted molar refractivity (Wildman–Crippen MR) is 111 cm³/mol. The van der Waals surface area contributed by atoms with Crippen LogP contribution in [0.1, 0.15) is 23.6 Å². The van der Waals surface area contributed by atoms with Gasteiger partial charge in [-0.2, -0.15) is 0 Å². The van der Waals surface area contributed by atoms with Gasteiger partial charge in [0.1, 0.15) is 0 Å². The van der Waals surface area contributed by atoms with Crippen molar-refractivity contribution in [2.45, 2.75) is 26.5 Å². The molecular formula is C19H26IN3O. The van der Waals surface area contributed by atoms with E-state index < -0.39 is 0 Å². The van der Waals surface area contributed by atoms with Gasteiger partial charge in [0.15, 0.2) is 5.96 Å². The average molecular weight is 439 g/mol. The maximum Gasteiger partial charge on any atom is 0.188 e. The van der Waals surface area contributed by atoms with Crippen LogP contribution in [0.3, 0.4) is 0 Å². The highest BCUT2D eigenvalue weighted by Crippen LogP contribution is 2.07. The first-order valence-corrected chi connectivity index (χ1v) is 8.01. The molecule has 24 heavy (non-hydrogen) atoms. The van der Waals surface area contributed by atoms with Gasteiger partial charge in [0.25, 0.3) is 0 Å². The van der Waals surface area contributed by atoms with Crippen molar-refractivity contribution in [3.05, 3.63) is 71.3 Å². The van der Waals surface area contributed by atoms with Crippen molar-refractivity contribution in [1.29, 1.82) is 0 Å². The number of guanidine groups is 1. The van der Waals surface area contributed by atoms with Gasteiger partial charge in [-0.15, -0.1) is 24.0 Å². The topological polar surface area (TPSA) is 59.6 Å². The average Bonchev–Trinajstić information content (AvgIpc) is 2.60. The van der Waals surface area contributed by atoms with Crippen LogP contribution in [0.15, 0.2) is 59.6 Å². The van der Waals surface area contributed by atoms with E-state index in [2.05, 4.69) is 46.7 Å². The van der Waals surface area contributed by atoms with Gasteiger partial charge in [0, 0.05) is 13.2 Å². The molecule has 3 N–H and O–H groups in total. The second-order valence-electron chi connectivity index (χ2n) is 5.32. The van der Waals surface area contributed by atoms with Crippen LogP contribution < -0.4 is 11.1 Å². The predicted octanol–water partition coefficient (Wildman–Crippen LogP) is 3.49. The number of benzene rings is 2. The molecule has 2 rings (SSSR count). The normalized spacial score (nSPS) is 11.0. The largest absolute Gasteiger partial charge is 0.377 e. The van der Waals surface area contributed by atoms with Gasteiger partial charge >= 0.3 is 0 Å². The minimum absolute atomic E-state index is 0. The summed E-state index contributed by atoms with van der Waals surface area (Å²) in [6, 6.07) is 18.6. The van der Waals surface area contributed by atoms with Crippen LogP contribution >= 0.6 is 24.0 Å². The third-order valence-electron chi connectivity index (χ3n) is 3.49. The van der Waals surface area contributed by atoms with Crippen molar-refractivity contribution in [1.82, 2.24) is 5.32 Å². The molecule has 0 aliphatic rings.